The summed E-state index contributed by atoms with van der Waals surface area (Å²) in [6, 6.07) is 26.5. The summed E-state index contributed by atoms with van der Waals surface area (Å²) in [6.07, 6.45) is 14.4. The number of hydrogen-bond acceptors (Lipinski definition) is 5. The maximum absolute atomic E-state index is 12.2. The molecule has 0 heterocycles. The standard InChI is InChI=1S/C38H46O5/c1-3-42-36(39)29-38(25-26-38)24-23-32(28-31-18-21-34(22-19-31)37(40)41-2)17-20-33-15-9-10-16-35(33)43-27-11-5-8-14-30-12-6-4-7-13-30/h4,6-7,9-10,12-13,15-22,32H,3,5,8,11,14,23-29H2,1-2H3/b20-17+. The smallest absolute Gasteiger partial charge is 0.337 e. The Morgan fingerprint density at radius 3 is 2.35 bits per heavy atom. The molecule has 0 N–H and O–H groups in total. The van der Waals surface area contributed by atoms with Crippen molar-refractivity contribution in [1.82, 2.24) is 0 Å². The molecule has 3 aromatic rings. The van der Waals surface area contributed by atoms with Gasteiger partial charge in [-0.25, -0.2) is 4.79 Å². The molecule has 1 fully saturated rings. The molecular formula is C38H46O5. The van der Waals surface area contributed by atoms with Gasteiger partial charge in [0.05, 0.1) is 32.3 Å². The SMILES string of the molecule is CCOC(=O)CC1(CCC(/C=C/c2ccccc2OCCCCCc2ccccc2)Cc2ccc(C(=O)OC)cc2)CC1. The zero-order valence-corrected chi connectivity index (χ0v) is 25.8. The van der Waals surface area contributed by atoms with Crippen molar-refractivity contribution in [2.45, 2.75) is 71.1 Å². The Kier molecular flexibility index (Phi) is 12.4. The summed E-state index contributed by atoms with van der Waals surface area (Å²) < 4.78 is 16.3. The minimum absolute atomic E-state index is 0.0780. The van der Waals surface area contributed by atoms with Gasteiger partial charge in [0.2, 0.25) is 0 Å². The van der Waals surface area contributed by atoms with Crippen molar-refractivity contribution in [3.8, 4) is 5.75 Å². The molecule has 1 aliphatic carbocycles. The number of ether oxygens (including phenoxy) is 3. The van der Waals surface area contributed by atoms with Gasteiger partial charge in [0.15, 0.2) is 0 Å². The number of methoxy groups -OCH3 is 1. The third-order valence-electron chi connectivity index (χ3n) is 8.38. The molecule has 1 aliphatic rings. The fourth-order valence-electron chi connectivity index (χ4n) is 5.59. The zero-order chi connectivity index (χ0) is 30.3. The highest BCUT2D eigenvalue weighted by molar-refractivity contribution is 5.89. The van der Waals surface area contributed by atoms with Crippen LogP contribution >= 0.6 is 0 Å². The van der Waals surface area contributed by atoms with Crippen LogP contribution in [0.2, 0.25) is 0 Å². The number of benzene rings is 3. The Morgan fingerprint density at radius 2 is 1.63 bits per heavy atom. The van der Waals surface area contributed by atoms with Crippen LogP contribution < -0.4 is 4.74 Å². The van der Waals surface area contributed by atoms with Crippen LogP contribution in [-0.4, -0.2) is 32.3 Å². The van der Waals surface area contributed by atoms with Gasteiger partial charge < -0.3 is 14.2 Å². The van der Waals surface area contributed by atoms with E-state index in [1.54, 1.807) is 0 Å². The van der Waals surface area contributed by atoms with E-state index in [1.807, 2.05) is 49.4 Å². The molecule has 0 amide bonds. The molecule has 0 bridgehead atoms. The number of carbonyl (C=O) groups excluding carboxylic acids is 2. The van der Waals surface area contributed by atoms with E-state index in [0.29, 0.717) is 25.2 Å². The quantitative estimate of drug-likeness (QED) is 0.111. The van der Waals surface area contributed by atoms with E-state index in [2.05, 4.69) is 48.6 Å². The van der Waals surface area contributed by atoms with E-state index in [0.717, 1.165) is 74.7 Å². The van der Waals surface area contributed by atoms with Crippen LogP contribution in [0.3, 0.4) is 0 Å². The second-order valence-corrected chi connectivity index (χ2v) is 11.7. The topological polar surface area (TPSA) is 61.8 Å². The van der Waals surface area contributed by atoms with Crippen LogP contribution in [0.15, 0.2) is 84.9 Å². The second kappa shape index (κ2) is 16.7. The summed E-state index contributed by atoms with van der Waals surface area (Å²) in [6.45, 7) is 2.99. The highest BCUT2D eigenvalue weighted by Gasteiger charge is 2.44. The van der Waals surface area contributed by atoms with Gasteiger partial charge in [-0.2, -0.15) is 0 Å². The average Bonchev–Trinajstić information content (AvgIpc) is 3.80. The first kappa shape index (κ1) is 32.1. The van der Waals surface area contributed by atoms with E-state index in [-0.39, 0.29) is 23.3 Å². The van der Waals surface area contributed by atoms with Gasteiger partial charge >= 0.3 is 11.9 Å². The fraction of sp³-hybridized carbons (Fsp3) is 0.421. The van der Waals surface area contributed by atoms with Crippen molar-refractivity contribution in [3.05, 3.63) is 107 Å². The summed E-state index contributed by atoms with van der Waals surface area (Å²) >= 11 is 0. The molecule has 5 nitrogen and oxygen atoms in total. The summed E-state index contributed by atoms with van der Waals surface area (Å²) in [7, 11) is 1.40. The molecule has 228 valence electrons. The van der Waals surface area contributed by atoms with Gasteiger partial charge in [-0.1, -0.05) is 72.8 Å². The lowest BCUT2D eigenvalue weighted by atomic mass is 9.87. The first-order chi connectivity index (χ1) is 21.0. The van der Waals surface area contributed by atoms with Crippen LogP contribution in [0.1, 0.15) is 85.3 Å². The maximum Gasteiger partial charge on any atom is 0.337 e. The number of hydrogen-bond donors (Lipinski definition) is 0. The summed E-state index contributed by atoms with van der Waals surface area (Å²) in [5.74, 6) is 0.765. The molecule has 0 radical (unpaired) electrons. The summed E-state index contributed by atoms with van der Waals surface area (Å²) in [5, 5.41) is 0. The second-order valence-electron chi connectivity index (χ2n) is 11.7. The molecule has 43 heavy (non-hydrogen) atoms. The molecule has 4 rings (SSSR count). The lowest BCUT2D eigenvalue weighted by molar-refractivity contribution is -0.144. The highest BCUT2D eigenvalue weighted by Crippen LogP contribution is 2.53. The zero-order valence-electron chi connectivity index (χ0n) is 25.8. The molecule has 0 spiro atoms. The predicted molar refractivity (Wildman–Crippen MR) is 172 cm³/mol. The predicted octanol–water partition coefficient (Wildman–Crippen LogP) is 8.65. The summed E-state index contributed by atoms with van der Waals surface area (Å²) in [4.78, 5) is 24.1. The number of esters is 2. The molecule has 3 aromatic carbocycles. The molecular weight excluding hydrogens is 536 g/mol. The Balaban J connectivity index is 1.36. The van der Waals surface area contributed by atoms with Crippen LogP contribution in [0.4, 0.5) is 0 Å². The number of para-hydroxylation sites is 1. The number of carbonyl (C=O) groups is 2. The third kappa shape index (κ3) is 10.7. The minimum atomic E-state index is -0.328. The van der Waals surface area contributed by atoms with Gasteiger partial charge in [0, 0.05) is 5.56 Å². The van der Waals surface area contributed by atoms with Crippen LogP contribution in [0.5, 0.6) is 5.75 Å². The molecule has 0 saturated heterocycles. The van der Waals surface area contributed by atoms with E-state index in [9.17, 15) is 9.59 Å². The molecule has 1 atom stereocenters. The number of aryl methyl sites for hydroxylation is 1. The Morgan fingerprint density at radius 1 is 0.884 bits per heavy atom. The Labute approximate surface area is 257 Å². The van der Waals surface area contributed by atoms with Crippen molar-refractivity contribution in [1.29, 1.82) is 0 Å². The largest absolute Gasteiger partial charge is 0.493 e. The number of rotatable bonds is 18. The molecule has 5 heteroatoms. The van der Waals surface area contributed by atoms with E-state index in [4.69, 9.17) is 14.2 Å². The third-order valence-corrected chi connectivity index (χ3v) is 8.38. The first-order valence-electron chi connectivity index (χ1n) is 15.8. The first-order valence-corrected chi connectivity index (χ1v) is 15.8. The minimum Gasteiger partial charge on any atom is -0.493 e. The van der Waals surface area contributed by atoms with Crippen molar-refractivity contribution < 1.29 is 23.8 Å². The lowest BCUT2D eigenvalue weighted by Crippen LogP contribution is -2.14. The molecule has 1 saturated carbocycles. The molecule has 0 aliphatic heterocycles. The highest BCUT2D eigenvalue weighted by atomic mass is 16.5. The maximum atomic E-state index is 12.2. The van der Waals surface area contributed by atoms with E-state index >= 15 is 0 Å². The van der Waals surface area contributed by atoms with Crippen molar-refractivity contribution in [2.24, 2.45) is 11.3 Å². The van der Waals surface area contributed by atoms with Gasteiger partial charge in [-0.3, -0.25) is 4.79 Å². The normalized spacial score (nSPS) is 14.3. The fourth-order valence-corrected chi connectivity index (χ4v) is 5.59. The summed E-state index contributed by atoms with van der Waals surface area (Å²) in [5.41, 5.74) is 4.26. The number of unbranched alkanes of at least 4 members (excludes halogenated alkanes) is 2. The van der Waals surface area contributed by atoms with Crippen LogP contribution in [0, 0.1) is 11.3 Å². The van der Waals surface area contributed by atoms with E-state index in [1.165, 1.54) is 12.7 Å². The van der Waals surface area contributed by atoms with Crippen molar-refractivity contribution in [2.75, 3.05) is 20.3 Å². The molecule has 0 aromatic heterocycles. The van der Waals surface area contributed by atoms with Crippen LogP contribution in [-0.2, 0) is 27.1 Å². The molecule has 1 unspecified atom stereocenters. The van der Waals surface area contributed by atoms with Crippen LogP contribution in [0.25, 0.3) is 6.08 Å². The van der Waals surface area contributed by atoms with Gasteiger partial charge in [0.25, 0.3) is 0 Å². The van der Waals surface area contributed by atoms with Gasteiger partial charge in [0.1, 0.15) is 5.75 Å². The Hall–Kier alpha value is -3.86. The average molecular weight is 583 g/mol. The van der Waals surface area contributed by atoms with E-state index < -0.39 is 0 Å². The lowest BCUT2D eigenvalue weighted by Gasteiger charge is -2.19. The number of allylic oxidation sites excluding steroid dienone is 1. The van der Waals surface area contributed by atoms with Gasteiger partial charge in [-0.15, -0.1) is 0 Å². The monoisotopic (exact) mass is 582 g/mol. The van der Waals surface area contributed by atoms with Gasteiger partial charge in [-0.05, 0) is 105 Å². The van der Waals surface area contributed by atoms with Crippen molar-refractivity contribution in [3.63, 3.8) is 0 Å². The Bertz CT molecular complexity index is 1310. The van der Waals surface area contributed by atoms with Crippen molar-refractivity contribution >= 4 is 18.0 Å².